The van der Waals surface area contributed by atoms with Gasteiger partial charge in [-0.15, -0.1) is 0 Å². The monoisotopic (exact) mass is 537 g/mol. The minimum absolute atomic E-state index is 0.00359. The van der Waals surface area contributed by atoms with Crippen molar-refractivity contribution in [3.05, 3.63) is 144 Å². The van der Waals surface area contributed by atoms with E-state index in [1.165, 1.54) is 0 Å². The molecule has 0 saturated heterocycles. The largest absolute Gasteiger partial charge is 0.388 e. The Morgan fingerprint density at radius 1 is 0.525 bits per heavy atom. The van der Waals surface area contributed by atoms with Gasteiger partial charge in [0.15, 0.2) is 6.10 Å². The summed E-state index contributed by atoms with van der Waals surface area (Å²) in [5.41, 5.74) is 3.79. The summed E-state index contributed by atoms with van der Waals surface area (Å²) in [6.45, 7) is 1.00. The molecule has 6 heteroatoms. The average Bonchev–Trinajstić information content (AvgIpc) is 3.01. The highest BCUT2D eigenvalue weighted by molar-refractivity contribution is 5.16. The molecule has 4 atom stereocenters. The highest BCUT2D eigenvalue weighted by atomic mass is 16.6. The van der Waals surface area contributed by atoms with Crippen LogP contribution in [0.15, 0.2) is 121 Å². The lowest BCUT2D eigenvalue weighted by Crippen LogP contribution is -2.49. The number of hydrogen-bond donors (Lipinski definition) is 1. The van der Waals surface area contributed by atoms with Crippen LogP contribution in [0.3, 0.4) is 0 Å². The topological polar surface area (TPSA) is 80.9 Å². The number of nitrogens with zero attached hydrogens (tertiary/aromatic N) is 1. The Balaban J connectivity index is 1.53. The van der Waals surface area contributed by atoms with Crippen molar-refractivity contribution in [2.75, 3.05) is 6.61 Å². The van der Waals surface area contributed by atoms with Crippen molar-refractivity contribution in [2.24, 2.45) is 0 Å². The third-order valence-corrected chi connectivity index (χ3v) is 6.37. The molecule has 0 radical (unpaired) electrons. The SMILES string of the molecule is N#C[C@H](OCc1ccccc1)[C@@H](OCc1ccccc1)[C@@H](OCc1ccccc1)[C@H](O)COCc1ccccc1. The molecule has 1 N–H and O–H groups in total. The molecule has 4 aromatic carbocycles. The number of aliphatic hydroxyl groups is 1. The van der Waals surface area contributed by atoms with Crippen molar-refractivity contribution in [2.45, 2.75) is 50.8 Å². The first-order valence-electron chi connectivity index (χ1n) is 13.4. The number of nitriles is 1. The van der Waals surface area contributed by atoms with Gasteiger partial charge in [-0.05, 0) is 22.3 Å². The van der Waals surface area contributed by atoms with E-state index in [0.717, 1.165) is 22.3 Å². The maximum atomic E-state index is 11.4. The van der Waals surface area contributed by atoms with Gasteiger partial charge in [0.05, 0.1) is 39.1 Å². The van der Waals surface area contributed by atoms with Gasteiger partial charge >= 0.3 is 0 Å². The van der Waals surface area contributed by atoms with Crippen molar-refractivity contribution in [1.82, 2.24) is 0 Å². The fourth-order valence-corrected chi connectivity index (χ4v) is 4.25. The zero-order valence-corrected chi connectivity index (χ0v) is 22.4. The van der Waals surface area contributed by atoms with Crippen LogP contribution in [-0.4, -0.2) is 36.1 Å². The maximum absolute atomic E-state index is 11.4. The Morgan fingerprint density at radius 2 is 0.900 bits per heavy atom. The van der Waals surface area contributed by atoms with Crippen LogP contribution in [0.4, 0.5) is 0 Å². The number of aliphatic hydroxyl groups excluding tert-OH is 1. The number of ether oxygens (including phenoxy) is 4. The Morgan fingerprint density at radius 3 is 1.32 bits per heavy atom. The van der Waals surface area contributed by atoms with Crippen molar-refractivity contribution >= 4 is 0 Å². The molecule has 0 aliphatic heterocycles. The van der Waals surface area contributed by atoms with E-state index in [2.05, 4.69) is 6.07 Å². The van der Waals surface area contributed by atoms with Gasteiger partial charge in [0.1, 0.15) is 18.3 Å². The number of benzene rings is 4. The molecule has 0 heterocycles. The van der Waals surface area contributed by atoms with Gasteiger partial charge in [-0.3, -0.25) is 0 Å². The molecule has 0 bridgehead atoms. The van der Waals surface area contributed by atoms with Crippen LogP contribution < -0.4 is 0 Å². The van der Waals surface area contributed by atoms with Gasteiger partial charge in [-0.25, -0.2) is 0 Å². The number of hydrogen-bond acceptors (Lipinski definition) is 6. The van der Waals surface area contributed by atoms with Gasteiger partial charge in [0.2, 0.25) is 0 Å². The first-order chi connectivity index (χ1) is 19.7. The third kappa shape index (κ3) is 9.42. The van der Waals surface area contributed by atoms with E-state index in [0.29, 0.717) is 6.61 Å². The van der Waals surface area contributed by atoms with E-state index < -0.39 is 24.4 Å². The van der Waals surface area contributed by atoms with Crippen molar-refractivity contribution in [3.8, 4) is 6.07 Å². The minimum Gasteiger partial charge on any atom is -0.388 e. The molecule has 0 unspecified atom stereocenters. The van der Waals surface area contributed by atoms with Crippen LogP contribution in [0.25, 0.3) is 0 Å². The van der Waals surface area contributed by atoms with E-state index in [1.54, 1.807) is 0 Å². The normalized spacial score (nSPS) is 14.1. The van der Waals surface area contributed by atoms with E-state index >= 15 is 0 Å². The van der Waals surface area contributed by atoms with Crippen LogP contribution in [-0.2, 0) is 45.4 Å². The molecule has 0 aliphatic carbocycles. The summed E-state index contributed by atoms with van der Waals surface area (Å²) in [6, 6.07) is 41.0. The van der Waals surface area contributed by atoms with Crippen LogP contribution in [0, 0.1) is 11.3 Å². The van der Waals surface area contributed by atoms with Gasteiger partial charge in [-0.1, -0.05) is 121 Å². The summed E-state index contributed by atoms with van der Waals surface area (Å²) in [7, 11) is 0. The molecule has 40 heavy (non-hydrogen) atoms. The fraction of sp³-hybridized carbons (Fsp3) is 0.265. The van der Waals surface area contributed by atoms with Gasteiger partial charge in [0.25, 0.3) is 0 Å². The maximum Gasteiger partial charge on any atom is 0.173 e. The van der Waals surface area contributed by atoms with Gasteiger partial charge in [-0.2, -0.15) is 5.26 Å². The predicted molar refractivity (Wildman–Crippen MR) is 153 cm³/mol. The third-order valence-electron chi connectivity index (χ3n) is 6.37. The lowest BCUT2D eigenvalue weighted by Gasteiger charge is -2.33. The van der Waals surface area contributed by atoms with Gasteiger partial charge in [0, 0.05) is 0 Å². The van der Waals surface area contributed by atoms with Crippen molar-refractivity contribution < 1.29 is 24.1 Å². The second-order valence-corrected chi connectivity index (χ2v) is 9.44. The Hall–Kier alpha value is -3.83. The van der Waals surface area contributed by atoms with E-state index in [9.17, 15) is 10.4 Å². The standard InChI is InChI=1S/C34H35NO5/c35-21-32(38-23-28-15-7-2-8-16-28)34(40-25-30-19-11-4-12-20-30)33(39-24-29-17-9-3-10-18-29)31(36)26-37-22-27-13-5-1-6-14-27/h1-20,31-34,36H,22-26H2/t31-,32+,33+,34-/m1/s1. The molecule has 0 aromatic heterocycles. The quantitative estimate of drug-likeness (QED) is 0.193. The molecule has 6 nitrogen and oxygen atoms in total. The van der Waals surface area contributed by atoms with Crippen molar-refractivity contribution in [3.63, 3.8) is 0 Å². The summed E-state index contributed by atoms with van der Waals surface area (Å²) < 4.78 is 24.5. The smallest absolute Gasteiger partial charge is 0.173 e. The van der Waals surface area contributed by atoms with Crippen LogP contribution in [0.1, 0.15) is 22.3 Å². The highest BCUT2D eigenvalue weighted by Crippen LogP contribution is 2.21. The van der Waals surface area contributed by atoms with Crippen molar-refractivity contribution in [1.29, 1.82) is 5.26 Å². The number of rotatable bonds is 16. The molecule has 0 saturated carbocycles. The molecular formula is C34H35NO5. The first kappa shape index (κ1) is 29.2. The zero-order chi connectivity index (χ0) is 27.8. The van der Waals surface area contributed by atoms with E-state index in [-0.39, 0.29) is 26.4 Å². The van der Waals surface area contributed by atoms with Crippen LogP contribution in [0.2, 0.25) is 0 Å². The molecule has 0 spiro atoms. The second kappa shape index (κ2) is 16.3. The molecular weight excluding hydrogens is 502 g/mol. The van der Waals surface area contributed by atoms with Gasteiger partial charge < -0.3 is 24.1 Å². The lowest BCUT2D eigenvalue weighted by molar-refractivity contribution is -0.177. The Kier molecular flexibility index (Phi) is 11.9. The molecule has 4 aromatic rings. The fourth-order valence-electron chi connectivity index (χ4n) is 4.25. The molecule has 4 rings (SSSR count). The Labute approximate surface area is 236 Å². The highest BCUT2D eigenvalue weighted by Gasteiger charge is 2.37. The predicted octanol–water partition coefficient (Wildman–Crippen LogP) is 5.84. The summed E-state index contributed by atoms with van der Waals surface area (Å²) in [5, 5.41) is 21.6. The summed E-state index contributed by atoms with van der Waals surface area (Å²) in [4.78, 5) is 0. The van der Waals surface area contributed by atoms with E-state index in [1.807, 2.05) is 121 Å². The summed E-state index contributed by atoms with van der Waals surface area (Å²) in [6.07, 6.45) is -3.88. The average molecular weight is 538 g/mol. The van der Waals surface area contributed by atoms with Crippen LogP contribution >= 0.6 is 0 Å². The molecule has 0 amide bonds. The minimum atomic E-state index is -1.08. The van der Waals surface area contributed by atoms with Crippen LogP contribution in [0.5, 0.6) is 0 Å². The molecule has 206 valence electrons. The zero-order valence-electron chi connectivity index (χ0n) is 22.4. The first-order valence-corrected chi connectivity index (χ1v) is 13.4. The molecule has 0 aliphatic rings. The van der Waals surface area contributed by atoms with E-state index in [4.69, 9.17) is 18.9 Å². The molecule has 0 fully saturated rings. The summed E-state index contributed by atoms with van der Waals surface area (Å²) >= 11 is 0. The second-order valence-electron chi connectivity index (χ2n) is 9.44. The summed E-state index contributed by atoms with van der Waals surface area (Å²) in [5.74, 6) is 0. The Bertz CT molecular complexity index is 1270. The lowest BCUT2D eigenvalue weighted by atomic mass is 10.0.